The smallest absolute Gasteiger partial charge is 0.352 e. The number of carboxylic acids is 1. The van der Waals surface area contributed by atoms with E-state index in [9.17, 15) is 34.2 Å². The Morgan fingerprint density at radius 3 is 2.85 bits per heavy atom. The molecule has 2 aromatic heterocycles. The van der Waals surface area contributed by atoms with Crippen molar-refractivity contribution >= 4 is 87.4 Å². The van der Waals surface area contributed by atoms with Crippen molar-refractivity contribution in [3.05, 3.63) is 51.1 Å². The molecule has 2 aliphatic heterocycles. The number of carbonyl (C=O) groups is 5. The van der Waals surface area contributed by atoms with E-state index in [1.807, 2.05) is 0 Å². The fourth-order valence-corrected chi connectivity index (χ4v) is 7.47. The van der Waals surface area contributed by atoms with Crippen molar-refractivity contribution in [3.63, 3.8) is 0 Å². The van der Waals surface area contributed by atoms with Gasteiger partial charge in [-0.1, -0.05) is 28.5 Å². The Hall–Kier alpha value is -4.73. The number of oxime groups is 1. The van der Waals surface area contributed by atoms with Crippen LogP contribution in [0.2, 0.25) is 5.02 Å². The first-order valence-corrected chi connectivity index (χ1v) is 16.6. The fourth-order valence-electron chi connectivity index (χ4n) is 4.31. The first-order valence-electron chi connectivity index (χ1n) is 13.3. The molecule has 4 amide bonds. The van der Waals surface area contributed by atoms with Gasteiger partial charge in [-0.25, -0.2) is 14.5 Å². The number of rotatable bonds is 14. The van der Waals surface area contributed by atoms with Gasteiger partial charge in [0.05, 0.1) is 12.1 Å². The molecule has 1 saturated heterocycles. The van der Waals surface area contributed by atoms with Gasteiger partial charge in [0.15, 0.2) is 10.8 Å². The second kappa shape index (κ2) is 14.8. The molecule has 2 aliphatic rings. The van der Waals surface area contributed by atoms with Gasteiger partial charge in [-0.15, -0.1) is 28.2 Å². The molecule has 18 nitrogen and oxygen atoms in total. The summed E-state index contributed by atoms with van der Waals surface area (Å²) in [5.41, 5.74) is -0.0342. The predicted molar refractivity (Wildman–Crippen MR) is 169 cm³/mol. The highest BCUT2D eigenvalue weighted by Gasteiger charge is 2.54. The molecule has 47 heavy (non-hydrogen) atoms. The van der Waals surface area contributed by atoms with Gasteiger partial charge in [0.1, 0.15) is 35.2 Å². The summed E-state index contributed by atoms with van der Waals surface area (Å²) in [6, 6.07) is 2.91. The van der Waals surface area contributed by atoms with Crippen LogP contribution in [0.5, 0.6) is 5.75 Å². The van der Waals surface area contributed by atoms with Crippen molar-refractivity contribution in [2.75, 3.05) is 30.0 Å². The Balaban J connectivity index is 1.25. The standard InChI is InChI=1S/C25H23ClN10O8S3/c1-35-25(31-33-34-35)47-8-11-7-45-22-17(21(41)36(22)18(11)23(42)43)30-20(40)16(14-9-46-24(29-14)28-10-37)32-44-5-4-27-19(39)13-6-12(26)2-3-15(13)38/h2-3,6,9-10,17,22,38H,4-5,7-8H2,1H3,(H,27,39)(H,30,40)(H,42,43)(H,28,29,37)/t17?,22-/m0/s1. The van der Waals surface area contributed by atoms with Gasteiger partial charge in [0, 0.05) is 29.0 Å². The number of thiazole rings is 1. The van der Waals surface area contributed by atoms with Gasteiger partial charge in [0.2, 0.25) is 11.6 Å². The molecule has 22 heteroatoms. The molecule has 0 aliphatic carbocycles. The van der Waals surface area contributed by atoms with E-state index in [2.05, 4.69) is 41.6 Å². The molecule has 5 rings (SSSR count). The van der Waals surface area contributed by atoms with E-state index in [-0.39, 0.29) is 63.2 Å². The molecule has 4 heterocycles. The molecular weight excluding hydrogens is 700 g/mol. The average molecular weight is 723 g/mol. The molecule has 5 N–H and O–H groups in total. The number of aryl methyl sites for hydroxylation is 1. The summed E-state index contributed by atoms with van der Waals surface area (Å²) in [5.74, 6) is -3.16. The van der Waals surface area contributed by atoms with Crippen LogP contribution in [0, 0.1) is 0 Å². The summed E-state index contributed by atoms with van der Waals surface area (Å²) in [4.78, 5) is 72.6. The SMILES string of the molecule is Cn1nnnc1SCC1=C(C(=O)O)N2C(=O)C(NC(=O)C(=NOCCNC(=O)c3cc(Cl)ccc3O)c3csc(NC=O)n3)[C@@H]2SC1. The number of amides is 4. The third kappa shape index (κ3) is 7.48. The van der Waals surface area contributed by atoms with Crippen LogP contribution < -0.4 is 16.0 Å². The Labute approximate surface area is 281 Å². The number of aliphatic carboxylic acids is 1. The van der Waals surface area contributed by atoms with Gasteiger partial charge < -0.3 is 31.0 Å². The van der Waals surface area contributed by atoms with Crippen molar-refractivity contribution < 1.29 is 39.0 Å². The molecular formula is C25H23ClN10O8S3. The number of halogens is 1. The molecule has 2 atom stereocenters. The molecule has 1 aromatic carbocycles. The number of nitrogens with one attached hydrogen (secondary N) is 3. The van der Waals surface area contributed by atoms with Crippen LogP contribution in [0.25, 0.3) is 0 Å². The number of nitrogens with zero attached hydrogens (tertiary/aromatic N) is 7. The summed E-state index contributed by atoms with van der Waals surface area (Å²) in [7, 11) is 1.65. The highest BCUT2D eigenvalue weighted by atomic mass is 35.5. The number of anilines is 1. The van der Waals surface area contributed by atoms with E-state index < -0.39 is 35.1 Å². The van der Waals surface area contributed by atoms with Crippen LogP contribution in [0.3, 0.4) is 0 Å². The van der Waals surface area contributed by atoms with Crippen molar-refractivity contribution in [2.24, 2.45) is 12.2 Å². The molecule has 1 unspecified atom stereocenters. The summed E-state index contributed by atoms with van der Waals surface area (Å²) in [6.45, 7) is -0.287. The zero-order valence-electron chi connectivity index (χ0n) is 23.9. The maximum Gasteiger partial charge on any atom is 0.352 e. The minimum atomic E-state index is -1.29. The van der Waals surface area contributed by atoms with Gasteiger partial charge in [-0.3, -0.25) is 24.1 Å². The van der Waals surface area contributed by atoms with E-state index in [0.717, 1.165) is 16.2 Å². The van der Waals surface area contributed by atoms with Crippen LogP contribution in [0.1, 0.15) is 16.1 Å². The number of hydrogen-bond donors (Lipinski definition) is 5. The van der Waals surface area contributed by atoms with Crippen LogP contribution in [0.4, 0.5) is 5.13 Å². The van der Waals surface area contributed by atoms with E-state index in [1.54, 1.807) is 7.05 Å². The van der Waals surface area contributed by atoms with E-state index >= 15 is 0 Å². The van der Waals surface area contributed by atoms with Crippen LogP contribution in [-0.4, -0.2) is 112 Å². The van der Waals surface area contributed by atoms with Crippen molar-refractivity contribution in [1.29, 1.82) is 0 Å². The topological polar surface area (TPSA) is 243 Å². The molecule has 3 aromatic rings. The number of thioether (sulfide) groups is 2. The minimum Gasteiger partial charge on any atom is -0.507 e. The van der Waals surface area contributed by atoms with Crippen LogP contribution in [0.15, 0.2) is 45.2 Å². The lowest BCUT2D eigenvalue weighted by molar-refractivity contribution is -0.150. The minimum absolute atomic E-state index is 0.0216. The summed E-state index contributed by atoms with van der Waals surface area (Å²) in [5, 5.41) is 44.0. The van der Waals surface area contributed by atoms with E-state index in [0.29, 0.717) is 17.1 Å². The van der Waals surface area contributed by atoms with E-state index in [4.69, 9.17) is 16.4 Å². The summed E-state index contributed by atoms with van der Waals surface area (Å²) in [6.07, 6.45) is 0.406. The lowest BCUT2D eigenvalue weighted by Gasteiger charge is -2.49. The van der Waals surface area contributed by atoms with Crippen molar-refractivity contribution in [2.45, 2.75) is 16.6 Å². The molecule has 246 valence electrons. The Morgan fingerprint density at radius 2 is 2.13 bits per heavy atom. The number of aromatic hydroxyl groups is 1. The highest BCUT2D eigenvalue weighted by molar-refractivity contribution is 8.01. The summed E-state index contributed by atoms with van der Waals surface area (Å²) < 4.78 is 1.44. The number of fused-ring (bicyclic) bond motifs is 1. The number of β-lactam (4-membered cyclic amide) rings is 1. The third-order valence-corrected chi connectivity index (χ3v) is 9.92. The lowest BCUT2D eigenvalue weighted by Crippen LogP contribution is -2.71. The fraction of sp³-hybridized carbons (Fsp3) is 0.280. The number of carboxylic acid groups (broad SMARTS) is 1. The maximum atomic E-state index is 13.4. The van der Waals surface area contributed by atoms with E-state index in [1.165, 1.54) is 51.8 Å². The summed E-state index contributed by atoms with van der Waals surface area (Å²) >= 11 is 9.40. The number of tetrazole rings is 1. The Bertz CT molecular complexity index is 1800. The second-order valence-corrected chi connectivity index (χ2v) is 12.8. The van der Waals surface area contributed by atoms with Crippen molar-refractivity contribution in [1.82, 2.24) is 40.7 Å². The molecule has 1 fully saturated rings. The number of phenols is 1. The lowest BCUT2D eigenvalue weighted by atomic mass is 10.0. The highest BCUT2D eigenvalue weighted by Crippen LogP contribution is 2.41. The third-order valence-electron chi connectivity index (χ3n) is 6.48. The normalized spacial score (nSPS) is 17.4. The number of phenolic OH excluding ortho intramolecular Hbond substituents is 1. The molecule has 0 radical (unpaired) electrons. The predicted octanol–water partition coefficient (Wildman–Crippen LogP) is 0.276. The average Bonchev–Trinajstić information content (AvgIpc) is 3.69. The maximum absolute atomic E-state index is 13.4. The largest absolute Gasteiger partial charge is 0.507 e. The van der Waals surface area contributed by atoms with Gasteiger partial charge in [0.25, 0.3) is 17.7 Å². The second-order valence-electron chi connectivity index (χ2n) is 9.48. The van der Waals surface area contributed by atoms with Crippen LogP contribution >= 0.6 is 46.5 Å². The molecule has 0 saturated carbocycles. The first kappa shape index (κ1) is 33.6. The quantitative estimate of drug-likeness (QED) is 0.0375. The molecule has 0 spiro atoms. The monoisotopic (exact) mass is 722 g/mol. The number of hydrogen-bond acceptors (Lipinski definition) is 15. The van der Waals surface area contributed by atoms with Gasteiger partial charge in [-0.05, 0) is 34.2 Å². The first-order chi connectivity index (χ1) is 22.6. The van der Waals surface area contributed by atoms with Crippen molar-refractivity contribution in [3.8, 4) is 5.75 Å². The zero-order chi connectivity index (χ0) is 33.7. The number of carbonyl (C=O) groups excluding carboxylic acids is 4. The van der Waals surface area contributed by atoms with Gasteiger partial charge >= 0.3 is 5.97 Å². The Kier molecular flexibility index (Phi) is 10.6. The number of benzene rings is 1. The number of aromatic nitrogens is 5. The zero-order valence-corrected chi connectivity index (χ0v) is 27.2. The Morgan fingerprint density at radius 1 is 1.32 bits per heavy atom. The van der Waals surface area contributed by atoms with Gasteiger partial charge in [-0.2, -0.15) is 0 Å². The molecule has 0 bridgehead atoms. The van der Waals surface area contributed by atoms with Crippen LogP contribution in [-0.2, 0) is 31.1 Å².